The van der Waals surface area contributed by atoms with Gasteiger partial charge in [-0.1, -0.05) is 56.3 Å². The largest absolute Gasteiger partial charge is 0.486 e. The van der Waals surface area contributed by atoms with Crippen LogP contribution in [-0.2, 0) is 23.9 Å². The van der Waals surface area contributed by atoms with Crippen LogP contribution in [0.5, 0.6) is 5.75 Å². The second-order valence-electron chi connectivity index (χ2n) is 7.99. The number of hydrogen-bond acceptors (Lipinski definition) is 5. The predicted octanol–water partition coefficient (Wildman–Crippen LogP) is 5.21. The Hall–Kier alpha value is -2.58. The topological polar surface area (TPSA) is 69.0 Å². The van der Waals surface area contributed by atoms with Crippen LogP contribution in [0.2, 0.25) is 5.02 Å². The smallest absolute Gasteiger partial charge is 0.234 e. The zero-order chi connectivity index (χ0) is 22.6. The SMILES string of the molecule is Cn1c(COc2ccc(C(C)(C)C)cc2)nnc1SCC(=O)Nc1ccc(F)c(Cl)c1. The van der Waals surface area contributed by atoms with Crippen LogP contribution in [0.25, 0.3) is 0 Å². The van der Waals surface area contributed by atoms with E-state index in [0.717, 1.165) is 5.75 Å². The van der Waals surface area contributed by atoms with Crippen LogP contribution >= 0.6 is 23.4 Å². The lowest BCUT2D eigenvalue weighted by Crippen LogP contribution is -2.14. The number of nitrogens with one attached hydrogen (secondary N) is 1. The van der Waals surface area contributed by atoms with Crippen LogP contribution in [0.4, 0.5) is 10.1 Å². The van der Waals surface area contributed by atoms with E-state index in [1.807, 2.05) is 19.2 Å². The fraction of sp³-hybridized carbons (Fsp3) is 0.318. The fourth-order valence-electron chi connectivity index (χ4n) is 2.70. The number of rotatable bonds is 7. The van der Waals surface area contributed by atoms with E-state index >= 15 is 0 Å². The zero-order valence-corrected chi connectivity index (χ0v) is 19.4. The Morgan fingerprint density at radius 3 is 2.55 bits per heavy atom. The molecule has 0 saturated heterocycles. The Morgan fingerprint density at radius 2 is 1.90 bits per heavy atom. The van der Waals surface area contributed by atoms with E-state index in [0.29, 0.717) is 16.7 Å². The molecule has 1 N–H and O–H groups in total. The van der Waals surface area contributed by atoms with Gasteiger partial charge in [0.1, 0.15) is 18.2 Å². The van der Waals surface area contributed by atoms with Crippen molar-refractivity contribution in [1.29, 1.82) is 0 Å². The molecule has 1 amide bonds. The first-order valence-corrected chi connectivity index (χ1v) is 11.0. The van der Waals surface area contributed by atoms with Crippen LogP contribution in [0.3, 0.4) is 0 Å². The molecule has 1 aromatic heterocycles. The van der Waals surface area contributed by atoms with E-state index in [1.165, 1.54) is 35.5 Å². The molecule has 0 unspecified atom stereocenters. The average molecular weight is 463 g/mol. The van der Waals surface area contributed by atoms with Gasteiger partial charge in [-0.25, -0.2) is 4.39 Å². The van der Waals surface area contributed by atoms with Gasteiger partial charge in [0.15, 0.2) is 11.0 Å². The maximum absolute atomic E-state index is 13.2. The summed E-state index contributed by atoms with van der Waals surface area (Å²) in [5.41, 5.74) is 1.75. The van der Waals surface area contributed by atoms with Gasteiger partial charge in [-0.15, -0.1) is 10.2 Å². The molecule has 0 aliphatic carbocycles. The van der Waals surface area contributed by atoms with Crippen LogP contribution in [0.1, 0.15) is 32.2 Å². The molecule has 0 aliphatic heterocycles. The number of carbonyl (C=O) groups excluding carboxylic acids is 1. The number of aromatic nitrogens is 3. The minimum atomic E-state index is -0.534. The summed E-state index contributed by atoms with van der Waals surface area (Å²) in [5, 5.41) is 11.5. The number of thioether (sulfide) groups is 1. The van der Waals surface area contributed by atoms with Crippen LogP contribution < -0.4 is 10.1 Å². The van der Waals surface area contributed by atoms with Gasteiger partial charge in [0.2, 0.25) is 5.91 Å². The van der Waals surface area contributed by atoms with Crippen molar-refractivity contribution < 1.29 is 13.9 Å². The Balaban J connectivity index is 1.52. The van der Waals surface area contributed by atoms with Gasteiger partial charge in [0, 0.05) is 12.7 Å². The molecule has 0 saturated carbocycles. The molecule has 0 bridgehead atoms. The third-order valence-corrected chi connectivity index (χ3v) is 5.86. The molecule has 31 heavy (non-hydrogen) atoms. The van der Waals surface area contributed by atoms with Gasteiger partial charge >= 0.3 is 0 Å². The number of carbonyl (C=O) groups is 1. The summed E-state index contributed by atoms with van der Waals surface area (Å²) in [6, 6.07) is 12.0. The highest BCUT2D eigenvalue weighted by atomic mass is 35.5. The standard InChI is InChI=1S/C22H24ClFN4O2S/c1-22(2,3)14-5-8-16(9-6-14)30-12-19-26-27-21(28(19)4)31-13-20(29)25-15-7-10-18(24)17(23)11-15/h5-11H,12-13H2,1-4H3,(H,25,29). The van der Waals surface area contributed by atoms with E-state index in [2.05, 4.69) is 48.4 Å². The minimum absolute atomic E-state index is 0.0450. The third kappa shape index (κ3) is 6.21. The molecule has 9 heteroatoms. The summed E-state index contributed by atoms with van der Waals surface area (Å²) in [6.07, 6.45) is 0. The Labute approximate surface area is 190 Å². The van der Waals surface area contributed by atoms with Crippen molar-refractivity contribution in [3.8, 4) is 5.75 Å². The lowest BCUT2D eigenvalue weighted by Gasteiger charge is -2.19. The number of benzene rings is 2. The summed E-state index contributed by atoms with van der Waals surface area (Å²) in [4.78, 5) is 12.2. The Kier molecular flexibility index (Phi) is 7.23. The van der Waals surface area contributed by atoms with Crippen LogP contribution in [0, 0.1) is 5.82 Å². The molecule has 0 atom stereocenters. The highest BCUT2D eigenvalue weighted by Gasteiger charge is 2.15. The molecule has 164 valence electrons. The number of ether oxygens (including phenoxy) is 1. The normalized spacial score (nSPS) is 11.4. The van der Waals surface area contributed by atoms with Gasteiger partial charge in [-0.2, -0.15) is 0 Å². The molecule has 3 rings (SSSR count). The van der Waals surface area contributed by atoms with Crippen LogP contribution in [-0.4, -0.2) is 26.4 Å². The molecule has 1 heterocycles. The highest BCUT2D eigenvalue weighted by molar-refractivity contribution is 7.99. The minimum Gasteiger partial charge on any atom is -0.486 e. The molecule has 6 nitrogen and oxygen atoms in total. The summed E-state index contributed by atoms with van der Waals surface area (Å²) in [6.45, 7) is 6.75. The molecular formula is C22H24ClFN4O2S. The first kappa shape index (κ1) is 23.1. The van der Waals surface area contributed by atoms with E-state index in [4.69, 9.17) is 16.3 Å². The van der Waals surface area contributed by atoms with Crippen molar-refractivity contribution in [1.82, 2.24) is 14.8 Å². The first-order chi connectivity index (χ1) is 14.6. The van der Waals surface area contributed by atoms with Crippen LogP contribution in [0.15, 0.2) is 47.6 Å². The van der Waals surface area contributed by atoms with Gasteiger partial charge in [0.05, 0.1) is 10.8 Å². The highest BCUT2D eigenvalue weighted by Crippen LogP contribution is 2.25. The summed E-state index contributed by atoms with van der Waals surface area (Å²) >= 11 is 6.97. The van der Waals surface area contributed by atoms with E-state index < -0.39 is 5.82 Å². The Bertz CT molecular complexity index is 1060. The number of anilines is 1. The third-order valence-electron chi connectivity index (χ3n) is 4.55. The number of amides is 1. The van der Waals surface area contributed by atoms with Crippen molar-refractivity contribution in [3.05, 3.63) is 64.7 Å². The maximum Gasteiger partial charge on any atom is 0.234 e. The van der Waals surface area contributed by atoms with E-state index in [9.17, 15) is 9.18 Å². The van der Waals surface area contributed by atoms with Crippen molar-refractivity contribution in [2.75, 3.05) is 11.1 Å². The summed E-state index contributed by atoms with van der Waals surface area (Å²) in [5.74, 6) is 0.729. The molecule has 0 radical (unpaired) electrons. The summed E-state index contributed by atoms with van der Waals surface area (Å²) < 4.78 is 20.8. The van der Waals surface area contributed by atoms with E-state index in [-0.39, 0.29) is 28.7 Å². The van der Waals surface area contributed by atoms with Crippen molar-refractivity contribution >= 4 is 35.0 Å². The van der Waals surface area contributed by atoms with Gasteiger partial charge < -0.3 is 14.6 Å². The molecular weight excluding hydrogens is 439 g/mol. The Morgan fingerprint density at radius 1 is 1.19 bits per heavy atom. The quantitative estimate of drug-likeness (QED) is 0.488. The number of halogens is 2. The zero-order valence-electron chi connectivity index (χ0n) is 17.8. The molecule has 0 aliphatic rings. The monoisotopic (exact) mass is 462 g/mol. The fourth-order valence-corrected chi connectivity index (χ4v) is 3.61. The maximum atomic E-state index is 13.2. The van der Waals surface area contributed by atoms with Gasteiger partial charge in [0.25, 0.3) is 0 Å². The molecule has 0 fully saturated rings. The van der Waals surface area contributed by atoms with Crippen molar-refractivity contribution in [2.45, 2.75) is 37.9 Å². The van der Waals surface area contributed by atoms with Gasteiger partial charge in [-0.05, 0) is 41.3 Å². The first-order valence-electron chi connectivity index (χ1n) is 9.63. The second-order valence-corrected chi connectivity index (χ2v) is 9.34. The lowest BCUT2D eigenvalue weighted by molar-refractivity contribution is -0.113. The number of hydrogen-bond donors (Lipinski definition) is 1. The predicted molar refractivity (Wildman–Crippen MR) is 121 cm³/mol. The second kappa shape index (κ2) is 9.70. The van der Waals surface area contributed by atoms with Crippen molar-refractivity contribution in [2.24, 2.45) is 7.05 Å². The van der Waals surface area contributed by atoms with Gasteiger partial charge in [-0.3, -0.25) is 4.79 Å². The molecule has 0 spiro atoms. The average Bonchev–Trinajstić information content (AvgIpc) is 3.07. The van der Waals surface area contributed by atoms with Crippen molar-refractivity contribution in [3.63, 3.8) is 0 Å². The van der Waals surface area contributed by atoms with E-state index in [1.54, 1.807) is 4.57 Å². The number of nitrogens with zero attached hydrogens (tertiary/aromatic N) is 3. The summed E-state index contributed by atoms with van der Waals surface area (Å²) in [7, 11) is 1.82. The molecule has 2 aromatic carbocycles. The lowest BCUT2D eigenvalue weighted by atomic mass is 9.87. The molecule has 3 aromatic rings.